The first-order valence-corrected chi connectivity index (χ1v) is 9.38. The molecule has 0 saturated carbocycles. The number of hydrogen-bond acceptors (Lipinski definition) is 3. The maximum absolute atomic E-state index is 11.8. The third kappa shape index (κ3) is 5.30. The van der Waals surface area contributed by atoms with E-state index in [1.165, 1.54) is 0 Å². The summed E-state index contributed by atoms with van der Waals surface area (Å²) in [5, 5.41) is 1.40. The molecule has 120 valence electrons. The van der Waals surface area contributed by atoms with Crippen molar-refractivity contribution in [3.63, 3.8) is 0 Å². The van der Waals surface area contributed by atoms with Crippen LogP contribution in [0.5, 0.6) is 0 Å². The molecule has 5 heteroatoms. The normalized spacial score (nSPS) is 11.4. The Morgan fingerprint density at radius 1 is 0.957 bits per heavy atom. The van der Waals surface area contributed by atoms with Gasteiger partial charge in [-0.15, -0.1) is 0 Å². The molecule has 2 rings (SSSR count). The van der Waals surface area contributed by atoms with E-state index in [0.717, 1.165) is 43.1 Å². The molecular formula is C18H23NaO3S. The summed E-state index contributed by atoms with van der Waals surface area (Å²) in [6, 6.07) is 9.52. The first-order valence-electron chi connectivity index (χ1n) is 7.97. The topological polar surface area (TPSA) is 57.2 Å². The minimum absolute atomic E-state index is 0. The van der Waals surface area contributed by atoms with Gasteiger partial charge in [0.2, 0.25) is 0 Å². The molecule has 0 radical (unpaired) electrons. The van der Waals surface area contributed by atoms with Crippen LogP contribution in [0.4, 0.5) is 0 Å². The smallest absolute Gasteiger partial charge is 0.744 e. The summed E-state index contributed by atoms with van der Waals surface area (Å²) in [4.78, 5) is -0.0169. The summed E-state index contributed by atoms with van der Waals surface area (Å²) in [6.45, 7) is 4.17. The van der Waals surface area contributed by atoms with Crippen molar-refractivity contribution >= 4 is 20.9 Å². The van der Waals surface area contributed by atoms with Gasteiger partial charge in [-0.05, 0) is 53.6 Å². The van der Waals surface area contributed by atoms with Gasteiger partial charge in [-0.25, -0.2) is 8.42 Å². The summed E-state index contributed by atoms with van der Waals surface area (Å²) in [7, 11) is -4.48. The molecule has 3 nitrogen and oxygen atoms in total. The third-order valence-corrected chi connectivity index (χ3v) is 4.97. The number of hydrogen-bond donors (Lipinski definition) is 0. The van der Waals surface area contributed by atoms with Gasteiger partial charge in [0.25, 0.3) is 0 Å². The second kappa shape index (κ2) is 9.19. The maximum Gasteiger partial charge on any atom is 1.00 e. The van der Waals surface area contributed by atoms with Crippen LogP contribution in [0.2, 0.25) is 0 Å². The molecule has 0 spiro atoms. The van der Waals surface area contributed by atoms with Crippen LogP contribution in [-0.4, -0.2) is 13.0 Å². The quantitative estimate of drug-likeness (QED) is 0.565. The Bertz CT molecular complexity index is 749. The first-order chi connectivity index (χ1) is 10.5. The van der Waals surface area contributed by atoms with Crippen LogP contribution in [-0.2, 0) is 23.0 Å². The molecule has 0 N–H and O–H groups in total. The molecule has 2 aromatic rings. The molecule has 0 aliphatic heterocycles. The monoisotopic (exact) mass is 342 g/mol. The second-order valence-electron chi connectivity index (χ2n) is 5.77. The van der Waals surface area contributed by atoms with Crippen molar-refractivity contribution in [2.24, 2.45) is 0 Å². The van der Waals surface area contributed by atoms with Crippen LogP contribution in [0, 0.1) is 0 Å². The number of unbranched alkanes of at least 4 members (excludes halogenated alkanes) is 2. The Morgan fingerprint density at radius 2 is 1.57 bits per heavy atom. The molecule has 2 aromatic carbocycles. The van der Waals surface area contributed by atoms with Gasteiger partial charge in [0.1, 0.15) is 10.1 Å². The predicted molar refractivity (Wildman–Crippen MR) is 89.1 cm³/mol. The molecule has 0 aliphatic rings. The van der Waals surface area contributed by atoms with Gasteiger partial charge in [-0.3, -0.25) is 0 Å². The molecule has 0 aliphatic carbocycles. The van der Waals surface area contributed by atoms with Gasteiger partial charge >= 0.3 is 29.6 Å². The molecule has 0 unspecified atom stereocenters. The van der Waals surface area contributed by atoms with E-state index in [9.17, 15) is 13.0 Å². The van der Waals surface area contributed by atoms with Crippen molar-refractivity contribution in [2.75, 3.05) is 0 Å². The minimum Gasteiger partial charge on any atom is -0.744 e. The van der Waals surface area contributed by atoms with Crippen LogP contribution in [0.3, 0.4) is 0 Å². The molecule has 0 saturated heterocycles. The molecule has 0 aromatic heterocycles. The van der Waals surface area contributed by atoms with Crippen molar-refractivity contribution in [1.82, 2.24) is 0 Å². The van der Waals surface area contributed by atoms with Gasteiger partial charge in [-0.1, -0.05) is 51.0 Å². The zero-order valence-electron chi connectivity index (χ0n) is 14.3. The number of benzene rings is 2. The van der Waals surface area contributed by atoms with Crippen molar-refractivity contribution in [3.8, 4) is 0 Å². The van der Waals surface area contributed by atoms with E-state index < -0.39 is 10.1 Å². The molecule has 23 heavy (non-hydrogen) atoms. The van der Waals surface area contributed by atoms with E-state index in [0.29, 0.717) is 17.4 Å². The fourth-order valence-corrected chi connectivity index (χ4v) is 3.72. The summed E-state index contributed by atoms with van der Waals surface area (Å²) >= 11 is 0. The van der Waals surface area contributed by atoms with Gasteiger partial charge in [-0.2, -0.15) is 0 Å². The zero-order valence-corrected chi connectivity index (χ0v) is 17.1. The van der Waals surface area contributed by atoms with Crippen molar-refractivity contribution < 1.29 is 42.5 Å². The fourth-order valence-electron chi connectivity index (χ4n) is 2.78. The molecule has 0 fully saturated rings. The summed E-state index contributed by atoms with van der Waals surface area (Å²) in [5.74, 6) is 0. The van der Waals surface area contributed by atoms with Crippen LogP contribution < -0.4 is 29.6 Å². The van der Waals surface area contributed by atoms with Crippen molar-refractivity contribution in [3.05, 3.63) is 41.5 Å². The third-order valence-electron chi connectivity index (χ3n) is 3.99. The van der Waals surface area contributed by atoms with Crippen LogP contribution in [0.1, 0.15) is 50.7 Å². The van der Waals surface area contributed by atoms with Crippen LogP contribution >= 0.6 is 0 Å². The predicted octanol–water partition coefficient (Wildman–Crippen LogP) is 1.43. The van der Waals surface area contributed by atoms with Crippen molar-refractivity contribution in [1.29, 1.82) is 0 Å². The number of aryl methyl sites for hydroxylation is 2. The average Bonchev–Trinajstić information content (AvgIpc) is 2.48. The van der Waals surface area contributed by atoms with Crippen LogP contribution in [0.15, 0.2) is 35.2 Å². The summed E-state index contributed by atoms with van der Waals surface area (Å²) in [5.41, 5.74) is 1.74. The minimum atomic E-state index is -4.48. The maximum atomic E-state index is 11.8. The van der Waals surface area contributed by atoms with Gasteiger partial charge < -0.3 is 4.55 Å². The summed E-state index contributed by atoms with van der Waals surface area (Å²) in [6.07, 6.45) is 5.52. The van der Waals surface area contributed by atoms with E-state index in [1.807, 2.05) is 24.3 Å². The number of rotatable bonds is 7. The Balaban J connectivity index is 0.00000264. The second-order valence-corrected chi connectivity index (χ2v) is 7.09. The summed E-state index contributed by atoms with van der Waals surface area (Å²) < 4.78 is 35.4. The van der Waals surface area contributed by atoms with E-state index in [2.05, 4.69) is 13.8 Å². The van der Waals surface area contributed by atoms with Gasteiger partial charge in [0, 0.05) is 0 Å². The van der Waals surface area contributed by atoms with E-state index in [4.69, 9.17) is 0 Å². The van der Waals surface area contributed by atoms with E-state index in [-0.39, 0.29) is 34.5 Å². The molecule has 0 atom stereocenters. The SMILES string of the molecule is CCCCc1ccc2ccc(CCCC)c(S(=O)(=O)[O-])c2c1.[Na+]. The van der Waals surface area contributed by atoms with Gasteiger partial charge in [0.15, 0.2) is 0 Å². The Hall–Kier alpha value is -0.390. The first kappa shape index (κ1) is 20.7. The van der Waals surface area contributed by atoms with E-state index >= 15 is 0 Å². The Kier molecular flexibility index (Phi) is 8.25. The molecular weight excluding hydrogens is 319 g/mol. The average molecular weight is 342 g/mol. The zero-order chi connectivity index (χ0) is 16.2. The molecule has 0 bridgehead atoms. The number of fused-ring (bicyclic) bond motifs is 1. The molecule has 0 heterocycles. The Labute approximate surface area is 161 Å². The fraction of sp³-hybridized carbons (Fsp3) is 0.444. The van der Waals surface area contributed by atoms with Crippen LogP contribution in [0.25, 0.3) is 10.8 Å². The standard InChI is InChI=1S/C18H24O3S.Na/c1-3-5-7-14-9-10-15-11-12-16(8-6-4-2)18(17(15)13-14)22(19,20)21;/h9-13H,3-8H2,1-2H3,(H,19,20,21);/q;+1/p-1. The van der Waals surface area contributed by atoms with Gasteiger partial charge in [0.05, 0.1) is 4.90 Å². The van der Waals surface area contributed by atoms with Crippen molar-refractivity contribution in [2.45, 2.75) is 57.3 Å². The Morgan fingerprint density at radius 3 is 2.17 bits per heavy atom. The van der Waals surface area contributed by atoms with E-state index in [1.54, 1.807) is 6.07 Å². The molecule has 0 amide bonds. The largest absolute Gasteiger partial charge is 1.00 e.